The third-order valence-electron chi connectivity index (χ3n) is 2.85. The summed E-state index contributed by atoms with van der Waals surface area (Å²) in [7, 11) is 0. The van der Waals surface area contributed by atoms with Crippen molar-refractivity contribution in [3.05, 3.63) is 0 Å². The van der Waals surface area contributed by atoms with Gasteiger partial charge in [-0.15, -0.1) is 0 Å². The van der Waals surface area contributed by atoms with Crippen LogP contribution in [0.15, 0.2) is 0 Å². The Morgan fingerprint density at radius 2 is 2.11 bits per heavy atom. The standard InChI is InChI=1S/C11H20N2O5/c1-2-18-8-5-7(6-8)12-11(17)13-9(3-4-14)10(15)16/h7-9,14H,2-6H2,1H3,(H,15,16)(H2,12,13,17). The van der Waals surface area contributed by atoms with Crippen molar-refractivity contribution in [2.24, 2.45) is 0 Å². The summed E-state index contributed by atoms with van der Waals surface area (Å²) in [5.74, 6) is -1.15. The van der Waals surface area contributed by atoms with Gasteiger partial charge in [-0.2, -0.15) is 0 Å². The van der Waals surface area contributed by atoms with Gasteiger partial charge in [-0.1, -0.05) is 0 Å². The molecule has 0 aromatic carbocycles. The molecule has 0 aromatic heterocycles. The second kappa shape index (κ2) is 7.17. The topological polar surface area (TPSA) is 108 Å². The highest BCUT2D eigenvalue weighted by molar-refractivity contribution is 5.82. The van der Waals surface area contributed by atoms with E-state index >= 15 is 0 Å². The molecule has 1 atom stereocenters. The zero-order valence-electron chi connectivity index (χ0n) is 10.4. The minimum Gasteiger partial charge on any atom is -0.480 e. The van der Waals surface area contributed by atoms with Gasteiger partial charge in [0, 0.05) is 25.7 Å². The van der Waals surface area contributed by atoms with Crippen LogP contribution in [0.5, 0.6) is 0 Å². The van der Waals surface area contributed by atoms with Crippen LogP contribution in [0.25, 0.3) is 0 Å². The normalized spacial score (nSPS) is 23.9. The summed E-state index contributed by atoms with van der Waals surface area (Å²) in [4.78, 5) is 22.3. The number of hydrogen-bond acceptors (Lipinski definition) is 4. The van der Waals surface area contributed by atoms with Crippen LogP contribution < -0.4 is 10.6 Å². The molecule has 0 bridgehead atoms. The fourth-order valence-corrected chi connectivity index (χ4v) is 1.83. The van der Waals surface area contributed by atoms with E-state index in [0.717, 1.165) is 12.8 Å². The van der Waals surface area contributed by atoms with Crippen molar-refractivity contribution in [3.8, 4) is 0 Å². The summed E-state index contributed by atoms with van der Waals surface area (Å²) < 4.78 is 5.35. The number of aliphatic hydroxyl groups is 1. The van der Waals surface area contributed by atoms with E-state index in [9.17, 15) is 9.59 Å². The Balaban J connectivity index is 2.23. The molecule has 1 saturated carbocycles. The Bertz CT molecular complexity index is 291. The zero-order chi connectivity index (χ0) is 13.5. The van der Waals surface area contributed by atoms with Gasteiger partial charge in [0.1, 0.15) is 6.04 Å². The predicted octanol–water partition coefficient (Wildman–Crippen LogP) is -0.311. The molecule has 2 amide bonds. The molecule has 1 aliphatic rings. The summed E-state index contributed by atoms with van der Waals surface area (Å²) in [6, 6.07) is -1.54. The molecule has 1 fully saturated rings. The van der Waals surface area contributed by atoms with Crippen molar-refractivity contribution in [3.63, 3.8) is 0 Å². The largest absolute Gasteiger partial charge is 0.480 e. The van der Waals surface area contributed by atoms with Gasteiger partial charge in [-0.05, 0) is 19.8 Å². The van der Waals surface area contributed by atoms with Gasteiger partial charge in [-0.3, -0.25) is 0 Å². The maximum atomic E-state index is 11.5. The molecule has 0 aliphatic heterocycles. The lowest BCUT2D eigenvalue weighted by molar-refractivity contribution is -0.139. The molecule has 0 spiro atoms. The van der Waals surface area contributed by atoms with Crippen LogP contribution in [-0.2, 0) is 9.53 Å². The van der Waals surface area contributed by atoms with E-state index in [1.807, 2.05) is 6.92 Å². The first-order valence-corrected chi connectivity index (χ1v) is 6.09. The van der Waals surface area contributed by atoms with Crippen LogP contribution in [-0.4, -0.2) is 53.6 Å². The van der Waals surface area contributed by atoms with Crippen LogP contribution in [0.4, 0.5) is 4.79 Å². The Morgan fingerprint density at radius 3 is 2.61 bits per heavy atom. The smallest absolute Gasteiger partial charge is 0.326 e. The number of ether oxygens (including phenoxy) is 1. The van der Waals surface area contributed by atoms with E-state index in [-0.39, 0.29) is 25.2 Å². The third kappa shape index (κ3) is 4.50. The first-order valence-electron chi connectivity index (χ1n) is 6.09. The highest BCUT2D eigenvalue weighted by Gasteiger charge is 2.31. The number of amides is 2. The number of carboxylic acid groups (broad SMARTS) is 1. The maximum Gasteiger partial charge on any atom is 0.326 e. The molecule has 104 valence electrons. The third-order valence-corrected chi connectivity index (χ3v) is 2.85. The lowest BCUT2D eigenvalue weighted by atomic mass is 9.89. The molecule has 1 aliphatic carbocycles. The number of nitrogens with one attached hydrogen (secondary N) is 2. The minimum absolute atomic E-state index is 0.00497. The number of carboxylic acids is 1. The van der Waals surface area contributed by atoms with E-state index in [0.29, 0.717) is 6.61 Å². The second-order valence-corrected chi connectivity index (χ2v) is 4.27. The van der Waals surface area contributed by atoms with Crippen molar-refractivity contribution < 1.29 is 24.5 Å². The summed E-state index contributed by atoms with van der Waals surface area (Å²) >= 11 is 0. The molecule has 0 heterocycles. The summed E-state index contributed by atoms with van der Waals surface area (Å²) in [6.07, 6.45) is 1.68. The maximum absolute atomic E-state index is 11.5. The van der Waals surface area contributed by atoms with Gasteiger partial charge in [0.25, 0.3) is 0 Å². The highest BCUT2D eigenvalue weighted by atomic mass is 16.5. The van der Waals surface area contributed by atoms with Crippen molar-refractivity contribution in [1.82, 2.24) is 10.6 Å². The number of carbonyl (C=O) groups is 2. The Labute approximate surface area is 106 Å². The first kappa shape index (κ1) is 14.7. The Kier molecular flexibility index (Phi) is 5.87. The molecule has 7 nitrogen and oxygen atoms in total. The van der Waals surface area contributed by atoms with E-state index in [2.05, 4.69) is 10.6 Å². The van der Waals surface area contributed by atoms with E-state index in [1.54, 1.807) is 0 Å². The molecule has 4 N–H and O–H groups in total. The second-order valence-electron chi connectivity index (χ2n) is 4.27. The average molecular weight is 260 g/mol. The molecule has 0 saturated heterocycles. The van der Waals surface area contributed by atoms with Gasteiger partial charge in [0.2, 0.25) is 0 Å². The molecule has 18 heavy (non-hydrogen) atoms. The molecule has 1 rings (SSSR count). The monoisotopic (exact) mass is 260 g/mol. The number of carbonyl (C=O) groups excluding carboxylic acids is 1. The SMILES string of the molecule is CCOC1CC(NC(=O)NC(CCO)C(=O)O)C1. The fraction of sp³-hybridized carbons (Fsp3) is 0.818. The number of aliphatic hydroxyl groups excluding tert-OH is 1. The average Bonchev–Trinajstić information content (AvgIpc) is 2.25. The van der Waals surface area contributed by atoms with E-state index in [1.165, 1.54) is 0 Å². The van der Waals surface area contributed by atoms with Crippen LogP contribution in [0, 0.1) is 0 Å². The van der Waals surface area contributed by atoms with Gasteiger partial charge < -0.3 is 25.6 Å². The number of rotatable bonds is 7. The van der Waals surface area contributed by atoms with Crippen molar-refractivity contribution in [1.29, 1.82) is 0 Å². The Morgan fingerprint density at radius 1 is 1.44 bits per heavy atom. The summed E-state index contributed by atoms with van der Waals surface area (Å²) in [5.41, 5.74) is 0. The van der Waals surface area contributed by atoms with Crippen LogP contribution >= 0.6 is 0 Å². The Hall–Kier alpha value is -1.34. The first-order chi connectivity index (χ1) is 8.56. The van der Waals surface area contributed by atoms with Crippen LogP contribution in [0.3, 0.4) is 0 Å². The molecular formula is C11H20N2O5. The lowest BCUT2D eigenvalue weighted by Crippen LogP contribution is -2.54. The number of hydrogen-bond donors (Lipinski definition) is 4. The molecule has 0 radical (unpaired) electrons. The van der Waals surface area contributed by atoms with E-state index in [4.69, 9.17) is 14.9 Å². The molecule has 1 unspecified atom stereocenters. The van der Waals surface area contributed by atoms with E-state index < -0.39 is 18.0 Å². The van der Waals surface area contributed by atoms with Crippen LogP contribution in [0.2, 0.25) is 0 Å². The summed E-state index contributed by atoms with van der Waals surface area (Å²) in [6.45, 7) is 2.29. The fourth-order valence-electron chi connectivity index (χ4n) is 1.83. The zero-order valence-corrected chi connectivity index (χ0v) is 10.4. The summed E-state index contributed by atoms with van der Waals surface area (Å²) in [5, 5.41) is 22.5. The van der Waals surface area contributed by atoms with Gasteiger partial charge in [-0.25, -0.2) is 9.59 Å². The van der Waals surface area contributed by atoms with Gasteiger partial charge in [0.05, 0.1) is 6.10 Å². The minimum atomic E-state index is -1.15. The predicted molar refractivity (Wildman–Crippen MR) is 63.2 cm³/mol. The molecule has 0 aromatic rings. The highest BCUT2D eigenvalue weighted by Crippen LogP contribution is 2.22. The molecular weight excluding hydrogens is 240 g/mol. The number of urea groups is 1. The number of aliphatic carboxylic acids is 1. The van der Waals surface area contributed by atoms with Crippen molar-refractivity contribution >= 4 is 12.0 Å². The quantitative estimate of drug-likeness (QED) is 0.502. The van der Waals surface area contributed by atoms with Crippen LogP contribution in [0.1, 0.15) is 26.2 Å². The lowest BCUT2D eigenvalue weighted by Gasteiger charge is -2.35. The van der Waals surface area contributed by atoms with Crippen molar-refractivity contribution in [2.45, 2.75) is 44.4 Å². The molecule has 7 heteroatoms. The van der Waals surface area contributed by atoms with Gasteiger partial charge >= 0.3 is 12.0 Å². The van der Waals surface area contributed by atoms with Crippen molar-refractivity contribution in [2.75, 3.05) is 13.2 Å². The van der Waals surface area contributed by atoms with Gasteiger partial charge in [0.15, 0.2) is 0 Å².